The van der Waals surface area contributed by atoms with E-state index in [1.54, 1.807) is 6.07 Å². The second kappa shape index (κ2) is 6.63. The smallest absolute Gasteiger partial charge is 0.284 e. The number of oxime groups is 1. The van der Waals surface area contributed by atoms with E-state index >= 15 is 0 Å². The van der Waals surface area contributed by atoms with Crippen molar-refractivity contribution in [3.8, 4) is 0 Å². The molecule has 0 heterocycles. The molecule has 4 N–H and O–H groups in total. The van der Waals surface area contributed by atoms with Crippen LogP contribution in [0.15, 0.2) is 44.8 Å². The number of nitrogens with two attached hydrogens (primary N) is 1. The van der Waals surface area contributed by atoms with Gasteiger partial charge < -0.3 is 10.6 Å². The van der Waals surface area contributed by atoms with Gasteiger partial charge in [-0.1, -0.05) is 23.4 Å². The first-order valence-electron chi connectivity index (χ1n) is 5.14. The molecule has 0 aromatic heterocycles. The van der Waals surface area contributed by atoms with E-state index in [1.165, 1.54) is 29.7 Å². The molecule has 0 spiro atoms. The summed E-state index contributed by atoms with van der Waals surface area (Å²) in [6.45, 7) is 0. The van der Waals surface area contributed by atoms with E-state index in [0.29, 0.717) is 0 Å². The van der Waals surface area contributed by atoms with Gasteiger partial charge >= 0.3 is 0 Å². The molecule has 0 bridgehead atoms. The summed E-state index contributed by atoms with van der Waals surface area (Å²) in [5.74, 6) is -1.88. The number of hydrogen-bond acceptors (Lipinski definition) is 6. The average Bonchev–Trinajstić information content (AvgIpc) is 2.43. The zero-order chi connectivity index (χ0) is 15.2. The van der Waals surface area contributed by atoms with Gasteiger partial charge in [0.2, 0.25) is 5.71 Å². The van der Waals surface area contributed by atoms with Crippen LogP contribution in [0.3, 0.4) is 0 Å². The van der Waals surface area contributed by atoms with Crippen molar-refractivity contribution in [2.75, 3.05) is 7.11 Å². The quantitative estimate of drug-likeness (QED) is 0.370. The fourth-order valence-electron chi connectivity index (χ4n) is 1.18. The molecule has 0 atom stereocenters. The molecule has 0 fully saturated rings. The maximum absolute atomic E-state index is 11.9. The normalized spacial score (nSPS) is 12.9. The fourth-order valence-corrected chi connectivity index (χ4v) is 2.15. The van der Waals surface area contributed by atoms with Crippen molar-refractivity contribution in [1.82, 2.24) is 5.48 Å². The Morgan fingerprint density at radius 1 is 1.35 bits per heavy atom. The van der Waals surface area contributed by atoms with Gasteiger partial charge in [-0.2, -0.15) is 8.42 Å². The summed E-state index contributed by atoms with van der Waals surface area (Å²) in [4.78, 5) is 15.3. The largest absolute Gasteiger partial charge is 0.398 e. The van der Waals surface area contributed by atoms with Gasteiger partial charge in [0.25, 0.3) is 15.9 Å². The number of hydroxylamine groups is 1. The third-order valence-corrected chi connectivity index (χ3v) is 3.29. The number of nitrogens with one attached hydrogen (secondary N) is 1. The van der Waals surface area contributed by atoms with Crippen molar-refractivity contribution in [3.05, 3.63) is 30.3 Å². The van der Waals surface area contributed by atoms with Crippen LogP contribution in [0.25, 0.3) is 0 Å². The van der Waals surface area contributed by atoms with E-state index < -0.39 is 27.5 Å². The number of primary amides is 1. The molecule has 20 heavy (non-hydrogen) atoms. The summed E-state index contributed by atoms with van der Waals surface area (Å²) in [5.41, 5.74) is 5.76. The van der Waals surface area contributed by atoms with Crippen LogP contribution in [0.5, 0.6) is 0 Å². The number of hydrogen-bond donors (Lipinski definition) is 3. The van der Waals surface area contributed by atoms with E-state index in [2.05, 4.69) is 14.4 Å². The first-order chi connectivity index (χ1) is 9.42. The summed E-state index contributed by atoms with van der Waals surface area (Å²) in [6.07, 6.45) is 0. The lowest BCUT2D eigenvalue weighted by Crippen LogP contribution is -2.39. The Hall–Kier alpha value is -2.46. The molecule has 1 amide bonds. The van der Waals surface area contributed by atoms with Crippen molar-refractivity contribution in [2.45, 2.75) is 4.90 Å². The van der Waals surface area contributed by atoms with Gasteiger partial charge in [0, 0.05) is 0 Å². The number of amidine groups is 1. The van der Waals surface area contributed by atoms with Gasteiger partial charge in [0.1, 0.15) is 7.11 Å². The molecular formula is C10H12N4O5S. The van der Waals surface area contributed by atoms with Crippen molar-refractivity contribution >= 4 is 27.5 Å². The van der Waals surface area contributed by atoms with Crippen LogP contribution in [0.4, 0.5) is 0 Å². The van der Waals surface area contributed by atoms with Gasteiger partial charge in [-0.15, -0.1) is 4.40 Å². The van der Waals surface area contributed by atoms with E-state index in [1.807, 2.05) is 0 Å². The number of nitrogens with zero attached hydrogens (tertiary/aromatic N) is 2. The third-order valence-electron chi connectivity index (χ3n) is 2.00. The van der Waals surface area contributed by atoms with Crippen molar-refractivity contribution in [3.63, 3.8) is 0 Å². The van der Waals surface area contributed by atoms with Gasteiger partial charge in [-0.3, -0.25) is 10.0 Å². The first kappa shape index (κ1) is 15.6. The van der Waals surface area contributed by atoms with Crippen LogP contribution in [-0.4, -0.2) is 38.2 Å². The molecule has 0 saturated carbocycles. The van der Waals surface area contributed by atoms with E-state index in [9.17, 15) is 13.2 Å². The summed E-state index contributed by atoms with van der Waals surface area (Å²) >= 11 is 0. The molecule has 9 nitrogen and oxygen atoms in total. The van der Waals surface area contributed by atoms with Crippen molar-refractivity contribution < 1.29 is 23.3 Å². The number of amides is 1. The highest BCUT2D eigenvalue weighted by Crippen LogP contribution is 2.11. The first-order valence-corrected chi connectivity index (χ1v) is 6.58. The molecule has 0 aliphatic rings. The number of benzene rings is 1. The highest BCUT2D eigenvalue weighted by Gasteiger charge is 2.21. The lowest BCUT2D eigenvalue weighted by molar-refractivity contribution is -0.112. The van der Waals surface area contributed by atoms with Crippen molar-refractivity contribution in [2.24, 2.45) is 15.3 Å². The maximum atomic E-state index is 11.9. The minimum absolute atomic E-state index is 0.131. The summed E-state index contributed by atoms with van der Waals surface area (Å²) < 4.78 is 27.1. The molecular weight excluding hydrogens is 288 g/mol. The number of sulfonamides is 1. The Balaban J connectivity index is 3.31. The molecule has 0 aliphatic heterocycles. The Kier molecular flexibility index (Phi) is 5.17. The molecule has 10 heteroatoms. The third kappa shape index (κ3) is 3.76. The second-order valence-electron chi connectivity index (χ2n) is 3.33. The van der Waals surface area contributed by atoms with Crippen LogP contribution in [0.2, 0.25) is 0 Å². The van der Waals surface area contributed by atoms with Crippen LogP contribution in [0, 0.1) is 0 Å². The zero-order valence-electron chi connectivity index (χ0n) is 10.3. The Bertz CT molecular complexity index is 639. The lowest BCUT2D eigenvalue weighted by atomic mass is 10.3. The van der Waals surface area contributed by atoms with E-state index in [-0.39, 0.29) is 4.90 Å². The van der Waals surface area contributed by atoms with Crippen LogP contribution in [0.1, 0.15) is 0 Å². The molecule has 0 aliphatic carbocycles. The summed E-state index contributed by atoms with van der Waals surface area (Å²) in [6, 6.07) is 7.20. The number of rotatable bonds is 5. The average molecular weight is 300 g/mol. The number of carbonyl (C=O) groups is 1. The van der Waals surface area contributed by atoms with Gasteiger partial charge in [0.15, 0.2) is 5.84 Å². The molecule has 108 valence electrons. The standard InChI is InChI=1S/C10H12N4O5S/c1-19-13-8(9(11)15)10(12-16)14-20(17,18)7-5-3-2-4-6-7/h2-6,16H,1H3,(H2,11,15)(H,12,14). The Labute approximate surface area is 114 Å². The maximum Gasteiger partial charge on any atom is 0.284 e. The Morgan fingerprint density at radius 2 is 1.95 bits per heavy atom. The number of carbonyl (C=O) groups excluding carboxylic acids is 1. The van der Waals surface area contributed by atoms with Gasteiger partial charge in [-0.05, 0) is 12.1 Å². The van der Waals surface area contributed by atoms with E-state index in [0.717, 1.165) is 7.11 Å². The zero-order valence-corrected chi connectivity index (χ0v) is 11.2. The molecule has 1 aromatic carbocycles. The SMILES string of the molecule is CON=C(C(N)=O)/C(=N/S(=O)(=O)c1ccccc1)NO. The molecule has 1 aromatic rings. The second-order valence-corrected chi connectivity index (χ2v) is 4.93. The van der Waals surface area contributed by atoms with Gasteiger partial charge in [0.05, 0.1) is 4.90 Å². The minimum atomic E-state index is -4.15. The van der Waals surface area contributed by atoms with E-state index in [4.69, 9.17) is 10.9 Å². The Morgan fingerprint density at radius 3 is 2.40 bits per heavy atom. The fraction of sp³-hybridized carbons (Fsp3) is 0.100. The summed E-state index contributed by atoms with van der Waals surface area (Å²) in [5, 5.41) is 12.1. The van der Waals surface area contributed by atoms with Gasteiger partial charge in [-0.25, -0.2) is 5.48 Å². The molecule has 1 rings (SSSR count). The summed E-state index contributed by atoms with van der Waals surface area (Å²) in [7, 11) is -3.03. The highest BCUT2D eigenvalue weighted by atomic mass is 32.2. The monoisotopic (exact) mass is 300 g/mol. The van der Waals surface area contributed by atoms with Crippen LogP contribution < -0.4 is 11.2 Å². The van der Waals surface area contributed by atoms with Crippen LogP contribution >= 0.6 is 0 Å². The molecule has 0 radical (unpaired) electrons. The lowest BCUT2D eigenvalue weighted by Gasteiger charge is -2.05. The predicted octanol–water partition coefficient (Wildman–Crippen LogP) is -0.760. The topological polar surface area (TPSA) is 143 Å². The molecule has 0 saturated heterocycles. The van der Waals surface area contributed by atoms with Crippen molar-refractivity contribution in [1.29, 1.82) is 0 Å². The predicted molar refractivity (Wildman–Crippen MR) is 69.6 cm³/mol. The van der Waals surface area contributed by atoms with Crippen LogP contribution in [-0.2, 0) is 19.7 Å². The highest BCUT2D eigenvalue weighted by molar-refractivity contribution is 7.90. The minimum Gasteiger partial charge on any atom is -0.398 e. The molecule has 0 unspecified atom stereocenters.